The van der Waals surface area contributed by atoms with Crippen LogP contribution < -0.4 is 4.74 Å². The van der Waals surface area contributed by atoms with Crippen LogP contribution in [0.1, 0.15) is 26.4 Å². The molecule has 1 amide bonds. The van der Waals surface area contributed by atoms with Crippen LogP contribution in [0, 0.1) is 12.7 Å². The standard InChI is InChI=1S/C24H25FN2O2S/c1-18-5-2-3-8-22(18)29-16-20-14-23(30-17-20)24(28)27-11-9-26(10-12-27)15-19-6-4-7-21(25)13-19/h2-8,13-14,17H,9-12,15-16H2,1H3. The Morgan fingerprint density at radius 3 is 2.60 bits per heavy atom. The number of hydrogen-bond donors (Lipinski definition) is 0. The Morgan fingerprint density at radius 2 is 1.83 bits per heavy atom. The monoisotopic (exact) mass is 424 g/mol. The minimum absolute atomic E-state index is 0.0764. The van der Waals surface area contributed by atoms with Gasteiger partial charge in [0.05, 0.1) is 4.88 Å². The van der Waals surface area contributed by atoms with Crippen LogP contribution in [-0.2, 0) is 13.2 Å². The molecule has 0 aliphatic carbocycles. The largest absolute Gasteiger partial charge is 0.489 e. The van der Waals surface area contributed by atoms with Gasteiger partial charge < -0.3 is 9.64 Å². The summed E-state index contributed by atoms with van der Waals surface area (Å²) in [6.45, 7) is 6.12. The van der Waals surface area contributed by atoms with E-state index in [-0.39, 0.29) is 11.7 Å². The molecule has 0 bridgehead atoms. The van der Waals surface area contributed by atoms with Crippen LogP contribution in [0.2, 0.25) is 0 Å². The summed E-state index contributed by atoms with van der Waals surface area (Å²) in [6, 6.07) is 16.6. The predicted molar refractivity (Wildman–Crippen MR) is 117 cm³/mol. The van der Waals surface area contributed by atoms with Crippen molar-refractivity contribution in [3.63, 3.8) is 0 Å². The third kappa shape index (κ3) is 5.07. The fraction of sp³-hybridized carbons (Fsp3) is 0.292. The maximum absolute atomic E-state index is 13.4. The number of amides is 1. The third-order valence-corrected chi connectivity index (χ3v) is 6.27. The molecule has 0 atom stereocenters. The molecule has 156 valence electrons. The second-order valence-corrected chi connectivity index (χ2v) is 8.48. The summed E-state index contributed by atoms with van der Waals surface area (Å²) >= 11 is 1.47. The molecular formula is C24H25FN2O2S. The summed E-state index contributed by atoms with van der Waals surface area (Å²) in [5.41, 5.74) is 3.07. The van der Waals surface area contributed by atoms with Gasteiger partial charge in [0.25, 0.3) is 5.91 Å². The Balaban J connectivity index is 1.29. The summed E-state index contributed by atoms with van der Waals surface area (Å²) in [6.07, 6.45) is 0. The van der Waals surface area contributed by atoms with Gasteiger partial charge in [-0.25, -0.2) is 4.39 Å². The van der Waals surface area contributed by atoms with Crippen molar-refractivity contribution >= 4 is 17.2 Å². The highest BCUT2D eigenvalue weighted by Crippen LogP contribution is 2.22. The molecule has 0 spiro atoms. The van der Waals surface area contributed by atoms with Crippen molar-refractivity contribution in [1.82, 2.24) is 9.80 Å². The van der Waals surface area contributed by atoms with Gasteiger partial charge >= 0.3 is 0 Å². The molecule has 4 rings (SSSR count). The highest BCUT2D eigenvalue weighted by atomic mass is 32.1. The van der Waals surface area contributed by atoms with Crippen LogP contribution in [0.5, 0.6) is 5.75 Å². The molecule has 6 heteroatoms. The molecule has 1 aliphatic heterocycles. The number of benzene rings is 2. The summed E-state index contributed by atoms with van der Waals surface area (Å²) in [7, 11) is 0. The second-order valence-electron chi connectivity index (χ2n) is 7.57. The lowest BCUT2D eigenvalue weighted by molar-refractivity contribution is 0.0633. The number of ether oxygens (including phenoxy) is 1. The van der Waals surface area contributed by atoms with Gasteiger partial charge in [-0.1, -0.05) is 30.3 Å². The van der Waals surface area contributed by atoms with Crippen molar-refractivity contribution in [2.75, 3.05) is 26.2 Å². The zero-order valence-electron chi connectivity index (χ0n) is 17.0. The first-order chi connectivity index (χ1) is 14.6. The smallest absolute Gasteiger partial charge is 0.264 e. The number of piperazine rings is 1. The Bertz CT molecular complexity index is 1010. The van der Waals surface area contributed by atoms with Gasteiger partial charge in [0, 0.05) is 38.3 Å². The first kappa shape index (κ1) is 20.6. The number of carbonyl (C=O) groups excluding carboxylic acids is 1. The normalized spacial score (nSPS) is 14.7. The third-order valence-electron chi connectivity index (χ3n) is 5.31. The Kier molecular flexibility index (Phi) is 6.45. The summed E-state index contributed by atoms with van der Waals surface area (Å²) < 4.78 is 19.3. The van der Waals surface area contributed by atoms with E-state index in [1.165, 1.54) is 17.4 Å². The van der Waals surface area contributed by atoms with Crippen LogP contribution in [0.15, 0.2) is 60.0 Å². The van der Waals surface area contributed by atoms with E-state index in [2.05, 4.69) is 4.90 Å². The van der Waals surface area contributed by atoms with Crippen LogP contribution in [0.4, 0.5) is 4.39 Å². The molecule has 1 saturated heterocycles. The first-order valence-corrected chi connectivity index (χ1v) is 11.0. The van der Waals surface area contributed by atoms with Crippen molar-refractivity contribution in [3.8, 4) is 5.75 Å². The number of halogens is 1. The molecular weight excluding hydrogens is 399 g/mol. The summed E-state index contributed by atoms with van der Waals surface area (Å²) in [4.78, 5) is 17.8. The Labute approximate surface area is 180 Å². The van der Waals surface area contributed by atoms with Gasteiger partial charge in [-0.2, -0.15) is 0 Å². The molecule has 2 aromatic carbocycles. The van der Waals surface area contributed by atoms with Crippen molar-refractivity contribution in [2.45, 2.75) is 20.1 Å². The van der Waals surface area contributed by atoms with E-state index in [9.17, 15) is 9.18 Å². The molecule has 30 heavy (non-hydrogen) atoms. The van der Waals surface area contributed by atoms with E-state index in [0.29, 0.717) is 26.2 Å². The molecule has 4 nitrogen and oxygen atoms in total. The molecule has 0 saturated carbocycles. The fourth-order valence-electron chi connectivity index (χ4n) is 3.60. The van der Waals surface area contributed by atoms with Gasteiger partial charge in [-0.15, -0.1) is 11.3 Å². The topological polar surface area (TPSA) is 32.8 Å². The fourth-order valence-corrected chi connectivity index (χ4v) is 4.47. The number of thiophene rings is 1. The predicted octanol–water partition coefficient (Wildman–Crippen LogP) is 4.73. The quantitative estimate of drug-likeness (QED) is 0.573. The van der Waals surface area contributed by atoms with Crippen LogP contribution in [0.3, 0.4) is 0 Å². The number of hydrogen-bond acceptors (Lipinski definition) is 4. The summed E-state index contributed by atoms with van der Waals surface area (Å²) in [5.74, 6) is 0.736. The van der Waals surface area contributed by atoms with Gasteiger partial charge in [0.2, 0.25) is 0 Å². The number of nitrogens with zero attached hydrogens (tertiary/aromatic N) is 2. The molecule has 0 N–H and O–H groups in total. The van der Waals surface area contributed by atoms with Gasteiger partial charge in [0.15, 0.2) is 0 Å². The van der Waals surface area contributed by atoms with Crippen molar-refractivity contribution in [1.29, 1.82) is 0 Å². The highest BCUT2D eigenvalue weighted by Gasteiger charge is 2.23. The molecule has 1 fully saturated rings. The number of aryl methyl sites for hydroxylation is 1. The maximum Gasteiger partial charge on any atom is 0.264 e. The zero-order valence-corrected chi connectivity index (χ0v) is 17.8. The average Bonchev–Trinajstić information content (AvgIpc) is 3.22. The van der Waals surface area contributed by atoms with Crippen molar-refractivity contribution in [2.24, 2.45) is 0 Å². The summed E-state index contributed by atoms with van der Waals surface area (Å²) in [5, 5.41) is 1.99. The van der Waals surface area contributed by atoms with E-state index in [0.717, 1.165) is 40.4 Å². The Morgan fingerprint density at radius 1 is 1.03 bits per heavy atom. The number of carbonyl (C=O) groups is 1. The minimum Gasteiger partial charge on any atom is -0.489 e. The molecule has 2 heterocycles. The van der Waals surface area contributed by atoms with Crippen LogP contribution in [-0.4, -0.2) is 41.9 Å². The zero-order chi connectivity index (χ0) is 20.9. The average molecular weight is 425 g/mol. The van der Waals surface area contributed by atoms with E-state index >= 15 is 0 Å². The number of rotatable bonds is 6. The second kappa shape index (κ2) is 9.41. The molecule has 0 radical (unpaired) electrons. The highest BCUT2D eigenvalue weighted by molar-refractivity contribution is 7.12. The van der Waals surface area contributed by atoms with Gasteiger partial charge in [-0.05, 0) is 47.7 Å². The lowest BCUT2D eigenvalue weighted by atomic mass is 10.2. The van der Waals surface area contributed by atoms with Crippen LogP contribution in [0.25, 0.3) is 0 Å². The van der Waals surface area contributed by atoms with Gasteiger partial charge in [0.1, 0.15) is 18.2 Å². The molecule has 1 aromatic heterocycles. The van der Waals surface area contributed by atoms with E-state index < -0.39 is 0 Å². The maximum atomic E-state index is 13.4. The van der Waals surface area contributed by atoms with Crippen molar-refractivity contribution < 1.29 is 13.9 Å². The minimum atomic E-state index is -0.207. The SMILES string of the molecule is Cc1ccccc1OCc1csc(C(=O)N2CCN(Cc3cccc(F)c3)CC2)c1. The lowest BCUT2D eigenvalue weighted by Crippen LogP contribution is -2.48. The van der Waals surface area contributed by atoms with Gasteiger partial charge in [-0.3, -0.25) is 9.69 Å². The lowest BCUT2D eigenvalue weighted by Gasteiger charge is -2.34. The van der Waals surface area contributed by atoms with E-state index in [1.54, 1.807) is 12.1 Å². The molecule has 1 aliphatic rings. The number of para-hydroxylation sites is 1. The first-order valence-electron chi connectivity index (χ1n) is 10.1. The van der Waals surface area contributed by atoms with Crippen LogP contribution >= 0.6 is 11.3 Å². The van der Waals surface area contributed by atoms with E-state index in [4.69, 9.17) is 4.74 Å². The van der Waals surface area contributed by atoms with Crippen molar-refractivity contribution in [3.05, 3.63) is 87.4 Å². The molecule has 3 aromatic rings. The van der Waals surface area contributed by atoms with E-state index in [1.807, 2.05) is 53.6 Å². The Hall–Kier alpha value is -2.70. The molecule has 0 unspecified atom stereocenters.